The van der Waals surface area contributed by atoms with E-state index in [0.29, 0.717) is 0 Å². The van der Waals surface area contributed by atoms with Gasteiger partial charge in [-0.3, -0.25) is 4.99 Å². The predicted octanol–water partition coefficient (Wildman–Crippen LogP) is 3.28. The van der Waals surface area contributed by atoms with E-state index in [2.05, 4.69) is 28.8 Å². The van der Waals surface area contributed by atoms with Crippen molar-refractivity contribution >= 4 is 29.9 Å². The van der Waals surface area contributed by atoms with Gasteiger partial charge in [0.25, 0.3) is 0 Å². The first-order valence-corrected chi connectivity index (χ1v) is 7.36. The van der Waals surface area contributed by atoms with Crippen LogP contribution in [0.2, 0.25) is 0 Å². The summed E-state index contributed by atoms with van der Waals surface area (Å²) in [6.45, 7) is 9.32. The van der Waals surface area contributed by atoms with Crippen molar-refractivity contribution in [3.05, 3.63) is 12.7 Å². The molecule has 0 aromatic rings. The number of nitrogens with one attached hydrogen (secondary N) is 1. The van der Waals surface area contributed by atoms with Crippen molar-refractivity contribution in [1.29, 1.82) is 0 Å². The SMILES string of the molecule is C=CCCCCCN(C)C(=NC)NCCCOCC.I. The Morgan fingerprint density at radius 1 is 1.30 bits per heavy atom. The number of halogens is 1. The lowest BCUT2D eigenvalue weighted by Crippen LogP contribution is -2.40. The maximum absolute atomic E-state index is 5.31. The van der Waals surface area contributed by atoms with E-state index in [1.807, 2.05) is 20.0 Å². The van der Waals surface area contributed by atoms with Gasteiger partial charge in [-0.25, -0.2) is 0 Å². The Hall–Kier alpha value is -0.300. The fourth-order valence-electron chi connectivity index (χ4n) is 1.82. The minimum Gasteiger partial charge on any atom is -0.382 e. The van der Waals surface area contributed by atoms with Gasteiger partial charge in [0.1, 0.15) is 0 Å². The summed E-state index contributed by atoms with van der Waals surface area (Å²) in [4.78, 5) is 6.48. The maximum Gasteiger partial charge on any atom is 0.193 e. The molecule has 0 aliphatic heterocycles. The van der Waals surface area contributed by atoms with E-state index in [9.17, 15) is 0 Å². The van der Waals surface area contributed by atoms with Gasteiger partial charge in [0.15, 0.2) is 5.96 Å². The Morgan fingerprint density at radius 3 is 2.65 bits per heavy atom. The molecule has 0 bridgehead atoms. The summed E-state index contributed by atoms with van der Waals surface area (Å²) in [7, 11) is 3.92. The first kappa shape index (κ1) is 22.0. The lowest BCUT2D eigenvalue weighted by atomic mass is 10.2. The molecular formula is C15H32IN3O. The Balaban J connectivity index is 0. The van der Waals surface area contributed by atoms with Gasteiger partial charge in [-0.05, 0) is 32.6 Å². The zero-order valence-electron chi connectivity index (χ0n) is 13.4. The highest BCUT2D eigenvalue weighted by atomic mass is 127. The summed E-state index contributed by atoms with van der Waals surface area (Å²) in [6, 6.07) is 0. The van der Waals surface area contributed by atoms with Gasteiger partial charge >= 0.3 is 0 Å². The van der Waals surface area contributed by atoms with Crippen LogP contribution in [0, 0.1) is 0 Å². The summed E-state index contributed by atoms with van der Waals surface area (Å²) in [5, 5.41) is 3.36. The quantitative estimate of drug-likeness (QED) is 0.191. The van der Waals surface area contributed by atoms with Crippen molar-refractivity contribution in [2.24, 2.45) is 4.99 Å². The number of hydrogen-bond acceptors (Lipinski definition) is 2. The monoisotopic (exact) mass is 397 g/mol. The minimum atomic E-state index is 0. The molecule has 0 atom stereocenters. The average molecular weight is 397 g/mol. The van der Waals surface area contributed by atoms with Crippen LogP contribution in [0.15, 0.2) is 17.6 Å². The van der Waals surface area contributed by atoms with Gasteiger partial charge < -0.3 is 15.0 Å². The van der Waals surface area contributed by atoms with E-state index in [0.717, 1.165) is 45.1 Å². The summed E-state index contributed by atoms with van der Waals surface area (Å²) < 4.78 is 5.31. The first-order chi connectivity index (χ1) is 9.26. The van der Waals surface area contributed by atoms with Gasteiger partial charge in [-0.15, -0.1) is 30.6 Å². The predicted molar refractivity (Wildman–Crippen MR) is 99.2 cm³/mol. The molecule has 0 heterocycles. The molecule has 1 N–H and O–H groups in total. The maximum atomic E-state index is 5.31. The molecule has 0 saturated carbocycles. The minimum absolute atomic E-state index is 0. The third-order valence-electron chi connectivity index (χ3n) is 2.93. The van der Waals surface area contributed by atoms with Gasteiger partial charge in [0.05, 0.1) is 0 Å². The second-order valence-electron chi connectivity index (χ2n) is 4.58. The van der Waals surface area contributed by atoms with Crippen molar-refractivity contribution in [3.8, 4) is 0 Å². The lowest BCUT2D eigenvalue weighted by Gasteiger charge is -2.22. The van der Waals surface area contributed by atoms with Crippen LogP contribution in [-0.4, -0.2) is 51.3 Å². The van der Waals surface area contributed by atoms with Crippen molar-refractivity contribution < 1.29 is 4.74 Å². The van der Waals surface area contributed by atoms with E-state index in [1.54, 1.807) is 0 Å². The van der Waals surface area contributed by atoms with E-state index in [1.165, 1.54) is 19.3 Å². The van der Waals surface area contributed by atoms with Crippen molar-refractivity contribution in [3.63, 3.8) is 0 Å². The number of unbranched alkanes of at least 4 members (excludes halogenated alkanes) is 3. The molecule has 0 aliphatic rings. The highest BCUT2D eigenvalue weighted by Crippen LogP contribution is 2.01. The average Bonchev–Trinajstić information content (AvgIpc) is 2.42. The Morgan fingerprint density at radius 2 is 2.05 bits per heavy atom. The number of ether oxygens (including phenoxy) is 1. The normalized spacial score (nSPS) is 10.8. The molecule has 0 aliphatic carbocycles. The highest BCUT2D eigenvalue weighted by Gasteiger charge is 2.04. The third-order valence-corrected chi connectivity index (χ3v) is 2.93. The Labute approximate surface area is 142 Å². The second kappa shape index (κ2) is 16.8. The van der Waals surface area contributed by atoms with Crippen molar-refractivity contribution in [2.75, 3.05) is 40.4 Å². The number of nitrogens with zero attached hydrogens (tertiary/aromatic N) is 2. The smallest absolute Gasteiger partial charge is 0.193 e. The fourth-order valence-corrected chi connectivity index (χ4v) is 1.82. The van der Waals surface area contributed by atoms with Crippen LogP contribution >= 0.6 is 24.0 Å². The van der Waals surface area contributed by atoms with Crippen LogP contribution in [0.1, 0.15) is 39.0 Å². The fraction of sp³-hybridized carbons (Fsp3) is 0.800. The molecule has 0 spiro atoms. The summed E-state index contributed by atoms with van der Waals surface area (Å²) >= 11 is 0. The van der Waals surface area contributed by atoms with Gasteiger partial charge in [-0.2, -0.15) is 0 Å². The summed E-state index contributed by atoms with van der Waals surface area (Å²) in [5.74, 6) is 0.972. The molecular weight excluding hydrogens is 365 g/mol. The number of rotatable bonds is 11. The molecule has 0 rings (SSSR count). The number of guanidine groups is 1. The van der Waals surface area contributed by atoms with Crippen LogP contribution in [0.3, 0.4) is 0 Å². The van der Waals surface area contributed by atoms with Crippen LogP contribution in [0.4, 0.5) is 0 Å². The number of hydrogen-bond donors (Lipinski definition) is 1. The molecule has 0 radical (unpaired) electrons. The summed E-state index contributed by atoms with van der Waals surface area (Å²) in [6.07, 6.45) is 7.80. The second-order valence-corrected chi connectivity index (χ2v) is 4.58. The lowest BCUT2D eigenvalue weighted by molar-refractivity contribution is 0.145. The molecule has 120 valence electrons. The van der Waals surface area contributed by atoms with Gasteiger partial charge in [-0.1, -0.05) is 12.5 Å². The number of aliphatic imine (C=N–C) groups is 1. The molecule has 4 nitrogen and oxygen atoms in total. The molecule has 0 amide bonds. The highest BCUT2D eigenvalue weighted by molar-refractivity contribution is 14.0. The van der Waals surface area contributed by atoms with Crippen LogP contribution in [0.5, 0.6) is 0 Å². The van der Waals surface area contributed by atoms with E-state index in [4.69, 9.17) is 4.74 Å². The largest absolute Gasteiger partial charge is 0.382 e. The molecule has 5 heteroatoms. The van der Waals surface area contributed by atoms with E-state index >= 15 is 0 Å². The van der Waals surface area contributed by atoms with Crippen molar-refractivity contribution in [1.82, 2.24) is 10.2 Å². The molecule has 0 saturated heterocycles. The molecule has 0 fully saturated rings. The van der Waals surface area contributed by atoms with Gasteiger partial charge in [0, 0.05) is 40.4 Å². The molecule has 0 aromatic heterocycles. The Bertz CT molecular complexity index is 247. The van der Waals surface area contributed by atoms with E-state index in [-0.39, 0.29) is 24.0 Å². The zero-order chi connectivity index (χ0) is 14.3. The summed E-state index contributed by atoms with van der Waals surface area (Å²) in [5.41, 5.74) is 0. The van der Waals surface area contributed by atoms with Crippen LogP contribution in [0.25, 0.3) is 0 Å². The topological polar surface area (TPSA) is 36.9 Å². The molecule has 0 unspecified atom stereocenters. The molecule has 0 aromatic carbocycles. The zero-order valence-corrected chi connectivity index (χ0v) is 15.7. The first-order valence-electron chi connectivity index (χ1n) is 7.36. The molecule has 20 heavy (non-hydrogen) atoms. The number of allylic oxidation sites excluding steroid dienone is 1. The van der Waals surface area contributed by atoms with Gasteiger partial charge in [0.2, 0.25) is 0 Å². The standard InChI is InChI=1S/C15H31N3O.HI/c1-5-7-8-9-10-13-18(4)15(16-3)17-12-11-14-19-6-2;/h5H,1,6-14H2,2-4H3,(H,16,17);1H. The van der Waals surface area contributed by atoms with E-state index < -0.39 is 0 Å². The Kier molecular flexibility index (Phi) is 18.4. The van der Waals surface area contributed by atoms with Crippen LogP contribution < -0.4 is 5.32 Å². The third kappa shape index (κ3) is 12.7. The van der Waals surface area contributed by atoms with Crippen LogP contribution in [-0.2, 0) is 4.74 Å². The van der Waals surface area contributed by atoms with Crippen molar-refractivity contribution in [2.45, 2.75) is 39.0 Å².